The van der Waals surface area contributed by atoms with E-state index in [0.717, 1.165) is 40.7 Å². The van der Waals surface area contributed by atoms with Gasteiger partial charge in [-0.1, -0.05) is 11.6 Å². The summed E-state index contributed by atoms with van der Waals surface area (Å²) in [7, 11) is 0. The number of nitrogens with zero attached hydrogens (tertiary/aromatic N) is 3. The van der Waals surface area contributed by atoms with Gasteiger partial charge in [0.2, 0.25) is 5.91 Å². The van der Waals surface area contributed by atoms with E-state index < -0.39 is 6.04 Å². The number of nitrogens with one attached hydrogen (secondary N) is 3. The van der Waals surface area contributed by atoms with Crippen LogP contribution < -0.4 is 10.6 Å². The maximum atomic E-state index is 13.4. The van der Waals surface area contributed by atoms with Gasteiger partial charge in [-0.25, -0.2) is 0 Å². The Labute approximate surface area is 185 Å². The molecule has 2 aromatic heterocycles. The SMILES string of the molecule is CC1(C)CN(CC2=NCCN2)C(C(=O)Nc2cc(Cl)cc3c2[nH]c2cnccc23)CO1. The molecule has 1 aromatic carbocycles. The van der Waals surface area contributed by atoms with Gasteiger partial charge in [0.05, 0.1) is 48.2 Å². The van der Waals surface area contributed by atoms with E-state index >= 15 is 0 Å². The van der Waals surface area contributed by atoms with E-state index in [1.54, 1.807) is 18.5 Å². The number of amides is 1. The summed E-state index contributed by atoms with van der Waals surface area (Å²) >= 11 is 6.39. The van der Waals surface area contributed by atoms with Crippen molar-refractivity contribution in [1.29, 1.82) is 0 Å². The number of fused-ring (bicyclic) bond motifs is 3. The lowest BCUT2D eigenvalue weighted by atomic mass is 10.0. The third kappa shape index (κ3) is 3.98. The molecule has 0 radical (unpaired) electrons. The minimum Gasteiger partial charge on any atom is -0.372 e. The molecule has 0 aliphatic carbocycles. The quantitative estimate of drug-likeness (QED) is 0.580. The van der Waals surface area contributed by atoms with Crippen LogP contribution in [0.5, 0.6) is 0 Å². The van der Waals surface area contributed by atoms with Crippen LogP contribution >= 0.6 is 11.6 Å². The summed E-state index contributed by atoms with van der Waals surface area (Å²) in [4.78, 5) is 27.5. The summed E-state index contributed by atoms with van der Waals surface area (Å²) in [6.07, 6.45) is 3.51. The van der Waals surface area contributed by atoms with Crippen LogP contribution in [0, 0.1) is 0 Å². The Morgan fingerprint density at radius 1 is 1.39 bits per heavy atom. The number of pyridine rings is 1. The number of morpholine rings is 1. The lowest BCUT2D eigenvalue weighted by Crippen LogP contribution is -2.59. The Hall–Kier alpha value is -2.68. The third-order valence-electron chi connectivity index (χ3n) is 5.79. The predicted octanol–water partition coefficient (Wildman–Crippen LogP) is 2.79. The van der Waals surface area contributed by atoms with Crippen molar-refractivity contribution in [2.75, 3.05) is 38.1 Å². The Bertz CT molecular complexity index is 1190. The second-order valence-corrected chi connectivity index (χ2v) is 9.09. The minimum atomic E-state index is -0.432. The molecule has 0 saturated carbocycles. The molecular formula is C22H25ClN6O2. The van der Waals surface area contributed by atoms with Crippen LogP contribution in [0.15, 0.2) is 35.6 Å². The summed E-state index contributed by atoms with van der Waals surface area (Å²) in [5.74, 6) is 0.790. The molecule has 3 aromatic rings. The van der Waals surface area contributed by atoms with E-state index in [9.17, 15) is 4.79 Å². The molecule has 0 bridgehead atoms. The molecule has 2 aliphatic rings. The second kappa shape index (κ2) is 7.78. The van der Waals surface area contributed by atoms with Gasteiger partial charge < -0.3 is 20.4 Å². The van der Waals surface area contributed by atoms with Crippen LogP contribution in [0.1, 0.15) is 13.8 Å². The van der Waals surface area contributed by atoms with Crippen LogP contribution in [-0.2, 0) is 9.53 Å². The van der Waals surface area contributed by atoms with Crippen molar-refractivity contribution < 1.29 is 9.53 Å². The van der Waals surface area contributed by atoms with Gasteiger partial charge in [-0.15, -0.1) is 0 Å². The molecule has 9 heteroatoms. The summed E-state index contributed by atoms with van der Waals surface area (Å²) in [5, 5.41) is 8.89. The number of halogens is 1. The molecule has 1 unspecified atom stereocenters. The van der Waals surface area contributed by atoms with E-state index in [4.69, 9.17) is 16.3 Å². The number of H-pyrrole nitrogens is 1. The van der Waals surface area contributed by atoms with Gasteiger partial charge >= 0.3 is 0 Å². The molecule has 0 spiro atoms. The number of ether oxygens (including phenoxy) is 1. The van der Waals surface area contributed by atoms with Crippen molar-refractivity contribution in [2.24, 2.45) is 4.99 Å². The number of anilines is 1. The first kappa shape index (κ1) is 20.2. The maximum absolute atomic E-state index is 13.4. The minimum absolute atomic E-state index is 0.130. The van der Waals surface area contributed by atoms with Crippen LogP contribution in [0.3, 0.4) is 0 Å². The highest BCUT2D eigenvalue weighted by molar-refractivity contribution is 6.33. The van der Waals surface area contributed by atoms with E-state index in [1.165, 1.54) is 0 Å². The first-order valence-corrected chi connectivity index (χ1v) is 10.8. The number of rotatable bonds is 4. The molecule has 8 nitrogen and oxygen atoms in total. The largest absolute Gasteiger partial charge is 0.372 e. The van der Waals surface area contributed by atoms with Crippen molar-refractivity contribution in [1.82, 2.24) is 20.2 Å². The van der Waals surface area contributed by atoms with Crippen molar-refractivity contribution in [3.8, 4) is 0 Å². The number of amidine groups is 1. The molecule has 162 valence electrons. The van der Waals surface area contributed by atoms with Gasteiger partial charge in [-0.2, -0.15) is 0 Å². The number of aromatic amines is 1. The van der Waals surface area contributed by atoms with E-state index in [1.807, 2.05) is 26.0 Å². The number of carbonyl (C=O) groups excluding carboxylic acids is 1. The molecule has 5 rings (SSSR count). The van der Waals surface area contributed by atoms with Gasteiger partial charge in [0.1, 0.15) is 11.9 Å². The molecule has 31 heavy (non-hydrogen) atoms. The molecular weight excluding hydrogens is 416 g/mol. The van der Waals surface area contributed by atoms with Gasteiger partial charge in [-0.3, -0.25) is 19.7 Å². The smallest absolute Gasteiger partial charge is 0.244 e. The van der Waals surface area contributed by atoms with Gasteiger partial charge in [0.25, 0.3) is 0 Å². The fourth-order valence-electron chi connectivity index (χ4n) is 4.34. The average molecular weight is 441 g/mol. The number of aliphatic imine (C=N–C) groups is 1. The molecule has 3 N–H and O–H groups in total. The van der Waals surface area contributed by atoms with Crippen LogP contribution in [0.25, 0.3) is 21.8 Å². The van der Waals surface area contributed by atoms with Crippen LogP contribution in [0.4, 0.5) is 5.69 Å². The van der Waals surface area contributed by atoms with Crippen LogP contribution in [-0.4, -0.2) is 71.0 Å². The zero-order chi connectivity index (χ0) is 21.6. The average Bonchev–Trinajstić information content (AvgIpc) is 3.35. The predicted molar refractivity (Wildman–Crippen MR) is 123 cm³/mol. The molecule has 1 amide bonds. The summed E-state index contributed by atoms with van der Waals surface area (Å²) < 4.78 is 5.99. The zero-order valence-electron chi connectivity index (χ0n) is 17.5. The highest BCUT2D eigenvalue weighted by Gasteiger charge is 2.38. The van der Waals surface area contributed by atoms with Gasteiger partial charge in [-0.05, 0) is 32.0 Å². The molecule has 2 aliphatic heterocycles. The standard InChI is InChI=1S/C22H25ClN6O2/c1-22(2)12-29(10-19-25-5-6-26-19)18(11-31-22)21(30)28-16-8-13(23)7-15-14-3-4-24-9-17(14)27-20(15)16/h3-4,7-9,18,27H,5-6,10-12H2,1-2H3,(H,25,26)(H,28,30). The monoisotopic (exact) mass is 440 g/mol. The third-order valence-corrected chi connectivity index (χ3v) is 6.01. The molecule has 1 saturated heterocycles. The fraction of sp³-hybridized carbons (Fsp3) is 0.409. The Balaban J connectivity index is 1.45. The van der Waals surface area contributed by atoms with Crippen molar-refractivity contribution in [3.63, 3.8) is 0 Å². The number of hydrogen-bond donors (Lipinski definition) is 3. The molecule has 1 fully saturated rings. The highest BCUT2D eigenvalue weighted by atomic mass is 35.5. The first-order chi connectivity index (χ1) is 14.9. The summed E-state index contributed by atoms with van der Waals surface area (Å²) in [5.41, 5.74) is 2.03. The van der Waals surface area contributed by atoms with Gasteiger partial charge in [0, 0.05) is 35.1 Å². The fourth-order valence-corrected chi connectivity index (χ4v) is 4.56. The van der Waals surface area contributed by atoms with E-state index in [2.05, 4.69) is 30.5 Å². The lowest BCUT2D eigenvalue weighted by Gasteiger charge is -2.42. The maximum Gasteiger partial charge on any atom is 0.244 e. The van der Waals surface area contributed by atoms with Crippen molar-refractivity contribution in [3.05, 3.63) is 35.6 Å². The number of carbonyl (C=O) groups is 1. The van der Waals surface area contributed by atoms with Crippen molar-refractivity contribution >= 4 is 50.8 Å². The van der Waals surface area contributed by atoms with Crippen LogP contribution in [0.2, 0.25) is 5.02 Å². The lowest BCUT2D eigenvalue weighted by molar-refractivity contribution is -0.141. The topological polar surface area (TPSA) is 94.6 Å². The number of hydrogen-bond acceptors (Lipinski definition) is 6. The normalized spacial score (nSPS) is 21.3. The first-order valence-electron chi connectivity index (χ1n) is 10.4. The van der Waals surface area contributed by atoms with Gasteiger partial charge in [0.15, 0.2) is 0 Å². The van der Waals surface area contributed by atoms with E-state index in [-0.39, 0.29) is 11.5 Å². The number of benzene rings is 1. The van der Waals surface area contributed by atoms with E-state index in [0.29, 0.717) is 30.4 Å². The highest BCUT2D eigenvalue weighted by Crippen LogP contribution is 2.33. The molecule has 4 heterocycles. The Kier molecular flexibility index (Phi) is 5.08. The Morgan fingerprint density at radius 2 is 2.26 bits per heavy atom. The summed E-state index contributed by atoms with van der Waals surface area (Å²) in [6, 6.07) is 5.17. The van der Waals surface area contributed by atoms with Crippen molar-refractivity contribution in [2.45, 2.75) is 25.5 Å². The second-order valence-electron chi connectivity index (χ2n) is 8.66. The zero-order valence-corrected chi connectivity index (χ0v) is 18.3. The Morgan fingerprint density at radius 3 is 3.06 bits per heavy atom. The molecule has 1 atom stereocenters. The number of aromatic nitrogens is 2. The summed E-state index contributed by atoms with van der Waals surface area (Å²) in [6.45, 7) is 7.23.